The van der Waals surface area contributed by atoms with Gasteiger partial charge in [-0.3, -0.25) is 4.79 Å². The molecule has 1 aromatic rings. The maximum Gasteiger partial charge on any atom is 0.289 e. The molecule has 3 heteroatoms. The number of hydrogen-bond donors (Lipinski definition) is 0. The number of carbonyl (C=O) groups is 1. The SMILES string of the molecule is CC1(C)C[C@H]2C[C@@](C)(CN2C(=O)c2ccco2)C1. The van der Waals surface area contributed by atoms with E-state index in [0.717, 1.165) is 19.4 Å². The number of rotatable bonds is 1. The zero-order chi connectivity index (χ0) is 13.0. The fourth-order valence-electron chi connectivity index (χ4n) is 4.24. The molecule has 1 aromatic heterocycles. The third-order valence-corrected chi connectivity index (χ3v) is 4.41. The highest BCUT2D eigenvalue weighted by Crippen LogP contribution is 2.52. The largest absolute Gasteiger partial charge is 0.459 e. The molecule has 0 aromatic carbocycles. The maximum atomic E-state index is 12.4. The van der Waals surface area contributed by atoms with Gasteiger partial charge in [0, 0.05) is 12.6 Å². The summed E-state index contributed by atoms with van der Waals surface area (Å²) in [7, 11) is 0. The van der Waals surface area contributed by atoms with E-state index in [9.17, 15) is 4.79 Å². The van der Waals surface area contributed by atoms with Gasteiger partial charge in [-0.1, -0.05) is 20.8 Å². The fraction of sp³-hybridized carbons (Fsp3) is 0.667. The molecule has 2 bridgehead atoms. The van der Waals surface area contributed by atoms with Crippen molar-refractivity contribution in [2.24, 2.45) is 10.8 Å². The lowest BCUT2D eigenvalue weighted by atomic mass is 9.65. The minimum absolute atomic E-state index is 0.0615. The van der Waals surface area contributed by atoms with Crippen LogP contribution in [0.15, 0.2) is 22.8 Å². The molecule has 18 heavy (non-hydrogen) atoms. The third-order valence-electron chi connectivity index (χ3n) is 4.41. The van der Waals surface area contributed by atoms with Crippen molar-refractivity contribution in [3.8, 4) is 0 Å². The van der Waals surface area contributed by atoms with E-state index in [1.807, 2.05) is 4.90 Å². The van der Waals surface area contributed by atoms with Crippen LogP contribution >= 0.6 is 0 Å². The van der Waals surface area contributed by atoms with Crippen LogP contribution in [0.1, 0.15) is 50.6 Å². The molecule has 0 unspecified atom stereocenters. The fourth-order valence-corrected chi connectivity index (χ4v) is 4.24. The van der Waals surface area contributed by atoms with Crippen LogP contribution in [0, 0.1) is 10.8 Å². The van der Waals surface area contributed by atoms with Gasteiger partial charge in [0.25, 0.3) is 5.91 Å². The molecule has 1 saturated carbocycles. The zero-order valence-corrected chi connectivity index (χ0v) is 11.4. The van der Waals surface area contributed by atoms with Crippen LogP contribution in [0.5, 0.6) is 0 Å². The molecule has 1 saturated heterocycles. The molecule has 3 nitrogen and oxygen atoms in total. The minimum atomic E-state index is 0.0615. The molecule has 1 aliphatic carbocycles. The second-order valence-corrected chi connectivity index (χ2v) is 7.12. The average Bonchev–Trinajstić information content (AvgIpc) is 2.82. The molecule has 0 radical (unpaired) electrons. The first-order chi connectivity index (χ1) is 8.39. The summed E-state index contributed by atoms with van der Waals surface area (Å²) in [6, 6.07) is 3.93. The van der Waals surface area contributed by atoms with E-state index in [1.54, 1.807) is 18.4 Å². The lowest BCUT2D eigenvalue weighted by Gasteiger charge is -2.39. The summed E-state index contributed by atoms with van der Waals surface area (Å²) < 4.78 is 5.25. The van der Waals surface area contributed by atoms with Crippen LogP contribution in [-0.2, 0) is 0 Å². The van der Waals surface area contributed by atoms with E-state index < -0.39 is 0 Å². The van der Waals surface area contributed by atoms with Gasteiger partial charge in [0.15, 0.2) is 5.76 Å². The van der Waals surface area contributed by atoms with Crippen LogP contribution in [0.2, 0.25) is 0 Å². The van der Waals surface area contributed by atoms with Crippen LogP contribution in [0.25, 0.3) is 0 Å². The highest BCUT2D eigenvalue weighted by molar-refractivity contribution is 5.92. The summed E-state index contributed by atoms with van der Waals surface area (Å²) >= 11 is 0. The predicted octanol–water partition coefficient (Wildman–Crippen LogP) is 3.32. The standard InChI is InChI=1S/C15H21NO2/c1-14(2)7-11-8-15(3,9-14)10-16(11)13(17)12-5-4-6-18-12/h4-6,11H,7-10H2,1-3H3/t11-,15+/m0/s1. The predicted molar refractivity (Wildman–Crippen MR) is 69.3 cm³/mol. The maximum absolute atomic E-state index is 12.4. The van der Waals surface area contributed by atoms with Gasteiger partial charge >= 0.3 is 0 Å². The van der Waals surface area contributed by atoms with Crippen LogP contribution in [-0.4, -0.2) is 23.4 Å². The molecule has 0 spiro atoms. The normalized spacial score (nSPS) is 33.7. The van der Waals surface area contributed by atoms with E-state index in [2.05, 4.69) is 20.8 Å². The number of likely N-dealkylation sites (tertiary alicyclic amines) is 1. The van der Waals surface area contributed by atoms with Crippen molar-refractivity contribution < 1.29 is 9.21 Å². The van der Waals surface area contributed by atoms with Crippen molar-refractivity contribution in [3.63, 3.8) is 0 Å². The molecule has 2 atom stereocenters. The Kier molecular flexibility index (Phi) is 2.38. The Balaban J connectivity index is 1.86. The highest BCUT2D eigenvalue weighted by atomic mass is 16.3. The summed E-state index contributed by atoms with van der Waals surface area (Å²) in [6.45, 7) is 7.83. The second kappa shape index (κ2) is 3.62. The average molecular weight is 247 g/mol. The Bertz CT molecular complexity index is 463. The van der Waals surface area contributed by atoms with Gasteiger partial charge in [0.1, 0.15) is 0 Å². The van der Waals surface area contributed by atoms with Gasteiger partial charge in [0.05, 0.1) is 6.26 Å². The number of fused-ring (bicyclic) bond motifs is 2. The molecule has 2 aliphatic rings. The van der Waals surface area contributed by atoms with Gasteiger partial charge in [-0.25, -0.2) is 0 Å². The number of furan rings is 1. The van der Waals surface area contributed by atoms with Gasteiger partial charge in [-0.15, -0.1) is 0 Å². The Morgan fingerprint density at radius 1 is 1.39 bits per heavy atom. The van der Waals surface area contributed by atoms with Crippen molar-refractivity contribution >= 4 is 5.91 Å². The first-order valence-electron chi connectivity index (χ1n) is 6.73. The summed E-state index contributed by atoms with van der Waals surface area (Å²) in [4.78, 5) is 14.5. The molecular weight excluding hydrogens is 226 g/mol. The molecule has 3 rings (SSSR count). The number of nitrogens with zero attached hydrogens (tertiary/aromatic N) is 1. The molecule has 2 heterocycles. The number of carbonyl (C=O) groups excluding carboxylic acids is 1. The molecule has 1 amide bonds. The molecule has 1 aliphatic heterocycles. The van der Waals surface area contributed by atoms with Crippen molar-refractivity contribution in [1.82, 2.24) is 4.90 Å². The highest BCUT2D eigenvalue weighted by Gasteiger charge is 2.51. The summed E-state index contributed by atoms with van der Waals surface area (Å²) in [5, 5.41) is 0. The quantitative estimate of drug-likeness (QED) is 0.762. The number of amides is 1. The summed E-state index contributed by atoms with van der Waals surface area (Å²) in [5.74, 6) is 0.537. The van der Waals surface area contributed by atoms with Crippen molar-refractivity contribution in [1.29, 1.82) is 0 Å². The van der Waals surface area contributed by atoms with Gasteiger partial charge in [-0.05, 0) is 42.2 Å². The van der Waals surface area contributed by atoms with Crippen LogP contribution < -0.4 is 0 Å². The van der Waals surface area contributed by atoms with E-state index in [4.69, 9.17) is 4.42 Å². The van der Waals surface area contributed by atoms with E-state index in [1.165, 1.54) is 6.42 Å². The Morgan fingerprint density at radius 2 is 2.17 bits per heavy atom. The Labute approximate surface area is 108 Å². The first-order valence-corrected chi connectivity index (χ1v) is 6.73. The lowest BCUT2D eigenvalue weighted by Crippen LogP contribution is -2.37. The van der Waals surface area contributed by atoms with E-state index in [0.29, 0.717) is 17.2 Å². The van der Waals surface area contributed by atoms with Crippen molar-refractivity contribution in [2.75, 3.05) is 6.54 Å². The molecule has 0 N–H and O–H groups in total. The Morgan fingerprint density at radius 3 is 2.83 bits per heavy atom. The summed E-state index contributed by atoms with van der Waals surface area (Å²) in [6.07, 6.45) is 5.03. The van der Waals surface area contributed by atoms with Gasteiger partial charge in [-0.2, -0.15) is 0 Å². The Hall–Kier alpha value is -1.25. The van der Waals surface area contributed by atoms with Crippen molar-refractivity contribution in [3.05, 3.63) is 24.2 Å². The van der Waals surface area contributed by atoms with Crippen molar-refractivity contribution in [2.45, 2.75) is 46.1 Å². The lowest BCUT2D eigenvalue weighted by molar-refractivity contribution is 0.0676. The zero-order valence-electron chi connectivity index (χ0n) is 11.4. The molecule has 2 fully saturated rings. The molecule has 98 valence electrons. The van der Waals surface area contributed by atoms with Crippen LogP contribution in [0.3, 0.4) is 0 Å². The minimum Gasteiger partial charge on any atom is -0.459 e. The first kappa shape index (κ1) is 11.8. The molecular formula is C15H21NO2. The topological polar surface area (TPSA) is 33.5 Å². The van der Waals surface area contributed by atoms with E-state index in [-0.39, 0.29) is 11.3 Å². The van der Waals surface area contributed by atoms with Crippen LogP contribution in [0.4, 0.5) is 0 Å². The summed E-state index contributed by atoms with van der Waals surface area (Å²) in [5.41, 5.74) is 0.629. The third kappa shape index (κ3) is 1.86. The smallest absolute Gasteiger partial charge is 0.289 e. The van der Waals surface area contributed by atoms with Gasteiger partial charge in [0.2, 0.25) is 0 Å². The second-order valence-electron chi connectivity index (χ2n) is 7.12. The number of hydrogen-bond acceptors (Lipinski definition) is 2. The van der Waals surface area contributed by atoms with E-state index >= 15 is 0 Å². The van der Waals surface area contributed by atoms with Gasteiger partial charge < -0.3 is 9.32 Å². The monoisotopic (exact) mass is 247 g/mol.